The predicted molar refractivity (Wildman–Crippen MR) is 72.7 cm³/mol. The fourth-order valence-corrected chi connectivity index (χ4v) is 2.16. The molecule has 2 heterocycles. The Labute approximate surface area is 116 Å². The number of hydrogen-bond acceptors (Lipinski definition) is 3. The first-order chi connectivity index (χ1) is 8.25. The summed E-state index contributed by atoms with van der Waals surface area (Å²) in [6.07, 6.45) is 5.64. The molecule has 2 N–H and O–H groups in total. The molecular formula is C11H13Br2N3O. The van der Waals surface area contributed by atoms with E-state index in [2.05, 4.69) is 47.1 Å². The van der Waals surface area contributed by atoms with Gasteiger partial charge in [-0.15, -0.1) is 0 Å². The number of nitrogens with zero attached hydrogens (tertiary/aromatic N) is 1. The van der Waals surface area contributed by atoms with Crippen LogP contribution in [0.25, 0.3) is 0 Å². The van der Waals surface area contributed by atoms with Crippen molar-refractivity contribution in [2.45, 2.75) is 19.4 Å². The molecule has 0 spiro atoms. The normalized spacial score (nSPS) is 10.9. The number of nitrogens with one attached hydrogen (secondary N) is 2. The smallest absolute Gasteiger partial charge is 0.183 e. The topological polar surface area (TPSA) is 53.9 Å². The maximum atomic E-state index is 5.46. The number of furan rings is 1. The molecule has 0 unspecified atom stereocenters. The molecule has 0 aliphatic heterocycles. The van der Waals surface area contributed by atoms with Crippen LogP contribution in [-0.2, 0) is 13.0 Å². The van der Waals surface area contributed by atoms with E-state index in [9.17, 15) is 0 Å². The van der Waals surface area contributed by atoms with Crippen LogP contribution in [0.15, 0.2) is 32.0 Å². The van der Waals surface area contributed by atoms with Gasteiger partial charge in [0.25, 0.3) is 0 Å². The highest BCUT2D eigenvalue weighted by molar-refractivity contribution is 9.13. The van der Waals surface area contributed by atoms with Gasteiger partial charge in [-0.3, -0.25) is 0 Å². The Morgan fingerprint density at radius 3 is 2.94 bits per heavy atom. The fraction of sp³-hybridized carbons (Fsp3) is 0.364. The first kappa shape index (κ1) is 12.9. The first-order valence-electron chi connectivity index (χ1n) is 5.38. The Bertz CT molecular complexity index is 434. The minimum Gasteiger partial charge on any atom is -0.452 e. The molecule has 0 aliphatic rings. The van der Waals surface area contributed by atoms with Gasteiger partial charge in [0, 0.05) is 18.8 Å². The van der Waals surface area contributed by atoms with Gasteiger partial charge >= 0.3 is 0 Å². The molecule has 92 valence electrons. The highest BCUT2D eigenvalue weighted by Gasteiger charge is 2.05. The predicted octanol–water partition coefficient (Wildman–Crippen LogP) is 3.25. The standard InChI is InChI=1S/C11H13Br2N3O/c12-9-6-8(17-11(9)13)7-14-3-1-2-10-15-4-5-16-10/h4-6,14H,1-3,7H2,(H,15,16). The zero-order chi connectivity index (χ0) is 12.1. The van der Waals surface area contributed by atoms with E-state index in [4.69, 9.17) is 4.42 Å². The van der Waals surface area contributed by atoms with E-state index in [1.165, 1.54) is 0 Å². The average Bonchev–Trinajstić information content (AvgIpc) is 2.90. The van der Waals surface area contributed by atoms with Crippen molar-refractivity contribution in [1.29, 1.82) is 0 Å². The quantitative estimate of drug-likeness (QED) is 0.775. The van der Waals surface area contributed by atoms with Crippen LogP contribution in [0, 0.1) is 0 Å². The summed E-state index contributed by atoms with van der Waals surface area (Å²) in [6.45, 7) is 1.68. The summed E-state index contributed by atoms with van der Waals surface area (Å²) in [5.41, 5.74) is 0. The molecule has 0 saturated carbocycles. The van der Waals surface area contributed by atoms with Crippen LogP contribution in [0.2, 0.25) is 0 Å². The van der Waals surface area contributed by atoms with Gasteiger partial charge in [-0.25, -0.2) is 4.98 Å². The molecule has 17 heavy (non-hydrogen) atoms. The molecule has 0 aliphatic carbocycles. The Hall–Kier alpha value is -0.590. The summed E-state index contributed by atoms with van der Waals surface area (Å²) in [7, 11) is 0. The Balaban J connectivity index is 1.63. The van der Waals surface area contributed by atoms with Crippen LogP contribution in [0.4, 0.5) is 0 Å². The van der Waals surface area contributed by atoms with Crippen molar-refractivity contribution in [3.63, 3.8) is 0 Å². The molecule has 6 heteroatoms. The summed E-state index contributed by atoms with van der Waals surface area (Å²) in [5, 5.41) is 3.33. The summed E-state index contributed by atoms with van der Waals surface area (Å²) in [6, 6.07) is 1.96. The van der Waals surface area contributed by atoms with Crippen LogP contribution in [0.1, 0.15) is 18.0 Å². The van der Waals surface area contributed by atoms with Crippen LogP contribution in [-0.4, -0.2) is 16.5 Å². The van der Waals surface area contributed by atoms with Crippen molar-refractivity contribution in [2.24, 2.45) is 0 Å². The summed E-state index contributed by atoms with van der Waals surface area (Å²) in [5.74, 6) is 1.96. The van der Waals surface area contributed by atoms with Gasteiger partial charge in [-0.05, 0) is 50.9 Å². The number of hydrogen-bond donors (Lipinski definition) is 2. The number of aromatic nitrogens is 2. The van der Waals surface area contributed by atoms with Gasteiger partial charge in [-0.2, -0.15) is 0 Å². The van der Waals surface area contributed by atoms with E-state index in [1.54, 1.807) is 6.20 Å². The van der Waals surface area contributed by atoms with Gasteiger partial charge in [0.15, 0.2) is 4.67 Å². The Morgan fingerprint density at radius 2 is 2.29 bits per heavy atom. The van der Waals surface area contributed by atoms with Gasteiger partial charge in [0.2, 0.25) is 0 Å². The van der Waals surface area contributed by atoms with Gasteiger partial charge in [0.1, 0.15) is 11.6 Å². The van der Waals surface area contributed by atoms with Crippen LogP contribution in [0.5, 0.6) is 0 Å². The molecule has 2 aromatic rings. The monoisotopic (exact) mass is 361 g/mol. The first-order valence-corrected chi connectivity index (χ1v) is 6.97. The third-order valence-electron chi connectivity index (χ3n) is 2.32. The third kappa shape index (κ3) is 3.97. The molecule has 0 radical (unpaired) electrons. The van der Waals surface area contributed by atoms with Crippen molar-refractivity contribution in [2.75, 3.05) is 6.54 Å². The van der Waals surface area contributed by atoms with Crippen molar-refractivity contribution in [3.05, 3.63) is 39.2 Å². The zero-order valence-electron chi connectivity index (χ0n) is 9.17. The minimum atomic E-state index is 0.738. The second-order valence-corrected chi connectivity index (χ2v) is 5.23. The minimum absolute atomic E-state index is 0.738. The van der Waals surface area contributed by atoms with Crippen molar-refractivity contribution >= 4 is 31.9 Å². The van der Waals surface area contributed by atoms with E-state index in [-0.39, 0.29) is 0 Å². The zero-order valence-corrected chi connectivity index (χ0v) is 12.3. The molecule has 2 aromatic heterocycles. The van der Waals surface area contributed by atoms with E-state index >= 15 is 0 Å². The SMILES string of the molecule is Brc1cc(CNCCCc2ncc[nH]2)oc1Br. The molecular weight excluding hydrogens is 350 g/mol. The van der Waals surface area contributed by atoms with Crippen LogP contribution < -0.4 is 5.32 Å². The Morgan fingerprint density at radius 1 is 1.41 bits per heavy atom. The average molecular weight is 363 g/mol. The maximum Gasteiger partial charge on any atom is 0.183 e. The number of halogens is 2. The van der Waals surface area contributed by atoms with E-state index in [0.717, 1.165) is 46.7 Å². The molecule has 0 atom stereocenters. The molecule has 0 saturated heterocycles. The molecule has 0 amide bonds. The van der Waals surface area contributed by atoms with E-state index < -0.39 is 0 Å². The molecule has 0 fully saturated rings. The lowest BCUT2D eigenvalue weighted by molar-refractivity contribution is 0.463. The largest absolute Gasteiger partial charge is 0.452 e. The van der Waals surface area contributed by atoms with E-state index in [1.807, 2.05) is 12.3 Å². The molecule has 0 aromatic carbocycles. The summed E-state index contributed by atoms with van der Waals surface area (Å²) < 4.78 is 7.15. The number of rotatable bonds is 6. The third-order valence-corrected chi connectivity index (χ3v) is 4.03. The van der Waals surface area contributed by atoms with Crippen LogP contribution in [0.3, 0.4) is 0 Å². The van der Waals surface area contributed by atoms with Crippen molar-refractivity contribution in [3.8, 4) is 0 Å². The second kappa shape index (κ2) is 6.37. The number of H-pyrrole nitrogens is 1. The van der Waals surface area contributed by atoms with Gasteiger partial charge < -0.3 is 14.7 Å². The molecule has 0 bridgehead atoms. The van der Waals surface area contributed by atoms with Crippen molar-refractivity contribution < 1.29 is 4.42 Å². The van der Waals surface area contributed by atoms with Crippen molar-refractivity contribution in [1.82, 2.24) is 15.3 Å². The molecule has 2 rings (SSSR count). The molecule has 4 nitrogen and oxygen atoms in total. The lowest BCUT2D eigenvalue weighted by Gasteiger charge is -2.01. The fourth-order valence-electron chi connectivity index (χ4n) is 1.51. The lowest BCUT2D eigenvalue weighted by Crippen LogP contribution is -2.15. The summed E-state index contributed by atoms with van der Waals surface area (Å²) >= 11 is 6.70. The highest BCUT2D eigenvalue weighted by Crippen LogP contribution is 2.26. The lowest BCUT2D eigenvalue weighted by atomic mass is 10.3. The van der Waals surface area contributed by atoms with Gasteiger partial charge in [0.05, 0.1) is 11.0 Å². The number of imidazole rings is 1. The number of aromatic amines is 1. The Kier molecular flexibility index (Phi) is 4.82. The second-order valence-electron chi connectivity index (χ2n) is 3.65. The number of aryl methyl sites for hydroxylation is 1. The highest BCUT2D eigenvalue weighted by atomic mass is 79.9. The van der Waals surface area contributed by atoms with E-state index in [0.29, 0.717) is 0 Å². The van der Waals surface area contributed by atoms with Crippen LogP contribution >= 0.6 is 31.9 Å². The summed E-state index contributed by atoms with van der Waals surface area (Å²) in [4.78, 5) is 7.26. The van der Waals surface area contributed by atoms with Gasteiger partial charge in [-0.1, -0.05) is 0 Å². The maximum absolute atomic E-state index is 5.46.